The Morgan fingerprint density at radius 1 is 0.872 bits per heavy atom. The van der Waals surface area contributed by atoms with Gasteiger partial charge in [-0.2, -0.15) is 4.31 Å². The van der Waals surface area contributed by atoms with Crippen LogP contribution in [0, 0.1) is 0 Å². The quantitative estimate of drug-likeness (QED) is 0.361. The van der Waals surface area contributed by atoms with Crippen molar-refractivity contribution in [1.82, 2.24) is 14.5 Å². The van der Waals surface area contributed by atoms with Gasteiger partial charge in [0.15, 0.2) is 0 Å². The van der Waals surface area contributed by atoms with Crippen molar-refractivity contribution >= 4 is 21.8 Å². The maximum absolute atomic E-state index is 13.7. The molecule has 2 amide bonds. The van der Waals surface area contributed by atoms with E-state index in [2.05, 4.69) is 5.32 Å². The third-order valence-electron chi connectivity index (χ3n) is 6.86. The molecule has 0 unspecified atom stereocenters. The molecule has 1 fully saturated rings. The summed E-state index contributed by atoms with van der Waals surface area (Å²) < 4.78 is 27.2. The number of hydrogen-bond acceptors (Lipinski definition) is 5. The first-order chi connectivity index (χ1) is 18.9. The van der Waals surface area contributed by atoms with Gasteiger partial charge in [0, 0.05) is 32.6 Å². The Hall–Kier alpha value is -3.53. The highest BCUT2D eigenvalue weighted by Crippen LogP contribution is 2.26. The maximum atomic E-state index is 13.7. The summed E-state index contributed by atoms with van der Waals surface area (Å²) in [5, 5.41) is 12.0. The molecule has 1 saturated heterocycles. The molecule has 39 heavy (non-hydrogen) atoms. The van der Waals surface area contributed by atoms with Gasteiger partial charge in [-0.15, -0.1) is 0 Å². The highest BCUT2D eigenvalue weighted by atomic mass is 32.2. The monoisotopic (exact) mass is 549 g/mol. The summed E-state index contributed by atoms with van der Waals surface area (Å²) in [6.07, 6.45) is 2.29. The fourth-order valence-corrected chi connectivity index (χ4v) is 6.31. The van der Waals surface area contributed by atoms with E-state index in [1.807, 2.05) is 60.7 Å². The number of hydrogen-bond donors (Lipinski definition) is 2. The third-order valence-corrected chi connectivity index (χ3v) is 8.77. The molecule has 4 rings (SSSR count). The van der Waals surface area contributed by atoms with E-state index in [0.717, 1.165) is 24.0 Å². The lowest BCUT2D eigenvalue weighted by Gasteiger charge is -2.31. The summed E-state index contributed by atoms with van der Waals surface area (Å²) in [7, 11) is -3.50. The van der Waals surface area contributed by atoms with Crippen LogP contribution in [-0.4, -0.2) is 60.8 Å². The van der Waals surface area contributed by atoms with Gasteiger partial charge in [0.05, 0.1) is 11.5 Å². The number of rotatable bonds is 12. The number of carbonyl (C=O) groups excluding carboxylic acids is 2. The zero-order valence-electron chi connectivity index (χ0n) is 21.9. The zero-order valence-corrected chi connectivity index (χ0v) is 22.7. The lowest BCUT2D eigenvalue weighted by Crippen LogP contribution is -2.44. The van der Waals surface area contributed by atoms with Crippen molar-refractivity contribution in [3.8, 4) is 0 Å². The number of carbonyl (C=O) groups is 2. The average molecular weight is 550 g/mol. The minimum Gasteiger partial charge on any atom is -0.395 e. The molecule has 1 heterocycles. The molecule has 3 aromatic rings. The van der Waals surface area contributed by atoms with Gasteiger partial charge in [-0.05, 0) is 48.1 Å². The van der Waals surface area contributed by atoms with Crippen molar-refractivity contribution in [2.75, 3.05) is 26.2 Å². The van der Waals surface area contributed by atoms with Crippen molar-refractivity contribution in [3.63, 3.8) is 0 Å². The maximum Gasteiger partial charge on any atom is 0.247 e. The lowest BCUT2D eigenvalue weighted by atomic mass is 10.0. The first kappa shape index (κ1) is 28.5. The molecule has 206 valence electrons. The molecule has 0 bridgehead atoms. The normalized spacial score (nSPS) is 14.6. The van der Waals surface area contributed by atoms with E-state index >= 15 is 0 Å². The van der Waals surface area contributed by atoms with Crippen LogP contribution in [0.2, 0.25) is 0 Å². The molecular weight excluding hydrogens is 514 g/mol. The predicted octanol–water partition coefficient (Wildman–Crippen LogP) is 3.28. The van der Waals surface area contributed by atoms with Crippen LogP contribution in [0.5, 0.6) is 0 Å². The van der Waals surface area contributed by atoms with Crippen LogP contribution >= 0.6 is 0 Å². The number of nitrogens with zero attached hydrogens (tertiary/aromatic N) is 2. The van der Waals surface area contributed by atoms with E-state index < -0.39 is 16.1 Å². The van der Waals surface area contributed by atoms with Gasteiger partial charge in [0.25, 0.3) is 0 Å². The Balaban J connectivity index is 1.54. The minimum atomic E-state index is -3.50. The van der Waals surface area contributed by atoms with Crippen LogP contribution in [0.4, 0.5) is 0 Å². The summed E-state index contributed by atoms with van der Waals surface area (Å²) in [6, 6.07) is 24.4. The van der Waals surface area contributed by atoms with Gasteiger partial charge >= 0.3 is 0 Å². The van der Waals surface area contributed by atoms with E-state index in [1.54, 1.807) is 29.2 Å². The van der Waals surface area contributed by atoms with Crippen LogP contribution in [-0.2, 0) is 32.6 Å². The predicted molar refractivity (Wildman–Crippen MR) is 149 cm³/mol. The van der Waals surface area contributed by atoms with Crippen LogP contribution in [0.25, 0.3) is 0 Å². The molecule has 0 aliphatic carbocycles. The van der Waals surface area contributed by atoms with Crippen LogP contribution in [0.15, 0.2) is 89.8 Å². The Kier molecular flexibility index (Phi) is 9.86. The Labute approximate surface area is 230 Å². The smallest absolute Gasteiger partial charge is 0.247 e. The van der Waals surface area contributed by atoms with Crippen molar-refractivity contribution in [3.05, 3.63) is 102 Å². The third kappa shape index (κ3) is 7.32. The molecule has 1 atom stereocenters. The number of aryl methyl sites for hydroxylation is 1. The number of nitrogens with one attached hydrogen (secondary N) is 1. The first-order valence-corrected chi connectivity index (χ1v) is 14.7. The van der Waals surface area contributed by atoms with E-state index in [-0.39, 0.29) is 42.8 Å². The van der Waals surface area contributed by atoms with Crippen molar-refractivity contribution in [2.45, 2.75) is 43.2 Å². The number of sulfonamides is 1. The Morgan fingerprint density at radius 3 is 2.10 bits per heavy atom. The second-order valence-corrected chi connectivity index (χ2v) is 11.5. The van der Waals surface area contributed by atoms with E-state index in [4.69, 9.17) is 0 Å². The second kappa shape index (κ2) is 13.5. The van der Waals surface area contributed by atoms with Crippen LogP contribution in [0.1, 0.15) is 42.0 Å². The molecule has 9 heteroatoms. The number of aliphatic hydroxyl groups is 1. The Bertz CT molecular complexity index is 1330. The van der Waals surface area contributed by atoms with E-state index in [1.165, 1.54) is 4.31 Å². The Morgan fingerprint density at radius 2 is 1.49 bits per heavy atom. The van der Waals surface area contributed by atoms with Gasteiger partial charge in [0.1, 0.15) is 6.04 Å². The number of aliphatic hydroxyl groups excluding tert-OH is 1. The second-order valence-electron chi connectivity index (χ2n) is 9.59. The van der Waals surface area contributed by atoms with E-state index in [0.29, 0.717) is 25.1 Å². The lowest BCUT2D eigenvalue weighted by molar-refractivity contribution is -0.141. The molecule has 0 radical (unpaired) electrons. The molecule has 2 N–H and O–H groups in total. The van der Waals surface area contributed by atoms with Crippen LogP contribution < -0.4 is 5.32 Å². The van der Waals surface area contributed by atoms with Crippen molar-refractivity contribution in [1.29, 1.82) is 0 Å². The zero-order chi connectivity index (χ0) is 27.7. The summed E-state index contributed by atoms with van der Waals surface area (Å²) in [4.78, 5) is 28.8. The fourth-order valence-electron chi connectivity index (χ4n) is 4.79. The fraction of sp³-hybridized carbons (Fsp3) is 0.333. The molecule has 0 saturated carbocycles. The number of benzene rings is 3. The topological polar surface area (TPSA) is 107 Å². The largest absolute Gasteiger partial charge is 0.395 e. The molecule has 1 aliphatic rings. The van der Waals surface area contributed by atoms with Crippen molar-refractivity contribution in [2.24, 2.45) is 0 Å². The molecule has 0 spiro atoms. The van der Waals surface area contributed by atoms with Gasteiger partial charge in [-0.1, -0.05) is 72.8 Å². The first-order valence-electron chi connectivity index (χ1n) is 13.3. The number of amides is 2. The molecule has 3 aromatic carbocycles. The molecular formula is C30H35N3O5S. The molecule has 1 aliphatic heterocycles. The standard InChI is InChI=1S/C30H35N3O5S/c34-22-19-31-30(36)29(26-11-5-2-6-12-26)33(23-25-9-3-1-4-10-25)28(35)18-15-24-13-16-27(17-14-24)39(37,38)32-20-7-8-21-32/h1-6,9-14,16-17,29,34H,7-8,15,18-23H2,(H,31,36)/t29-/m0/s1. The van der Waals surface area contributed by atoms with E-state index in [9.17, 15) is 23.1 Å². The van der Waals surface area contributed by atoms with Crippen molar-refractivity contribution < 1.29 is 23.1 Å². The average Bonchev–Trinajstić information content (AvgIpc) is 3.52. The van der Waals surface area contributed by atoms with Gasteiger partial charge in [0.2, 0.25) is 21.8 Å². The van der Waals surface area contributed by atoms with Gasteiger partial charge in [-0.3, -0.25) is 9.59 Å². The minimum absolute atomic E-state index is 0.0855. The van der Waals surface area contributed by atoms with Gasteiger partial charge in [-0.25, -0.2) is 8.42 Å². The summed E-state index contributed by atoms with van der Waals surface area (Å²) in [6.45, 7) is 1.21. The highest BCUT2D eigenvalue weighted by molar-refractivity contribution is 7.89. The molecule has 0 aromatic heterocycles. The summed E-state index contributed by atoms with van der Waals surface area (Å²) in [5.41, 5.74) is 2.40. The van der Waals surface area contributed by atoms with Crippen LogP contribution in [0.3, 0.4) is 0 Å². The summed E-state index contributed by atoms with van der Waals surface area (Å²) in [5.74, 6) is -0.573. The molecule has 8 nitrogen and oxygen atoms in total. The SMILES string of the molecule is O=C(NCCO)[C@H](c1ccccc1)N(Cc1ccccc1)C(=O)CCc1ccc(S(=O)(=O)N2CCCC2)cc1. The highest BCUT2D eigenvalue weighted by Gasteiger charge is 2.31. The van der Waals surface area contributed by atoms with Gasteiger partial charge < -0.3 is 15.3 Å². The summed E-state index contributed by atoms with van der Waals surface area (Å²) >= 11 is 0.